The molecule has 2 heterocycles. The fourth-order valence-corrected chi connectivity index (χ4v) is 2.79. The molecule has 4 rings (SSSR count). The van der Waals surface area contributed by atoms with Gasteiger partial charge in [-0.2, -0.15) is 0 Å². The molecular formula is C21H17N3O2. The highest BCUT2D eigenvalue weighted by Gasteiger charge is 2.09. The molecule has 0 spiro atoms. The van der Waals surface area contributed by atoms with Gasteiger partial charge in [0.25, 0.3) is 5.88 Å². The average Bonchev–Trinajstić information content (AvgIpc) is 2.68. The molecule has 0 amide bonds. The lowest BCUT2D eigenvalue weighted by Crippen LogP contribution is -2.17. The highest BCUT2D eigenvalue weighted by Crippen LogP contribution is 2.14. The van der Waals surface area contributed by atoms with Gasteiger partial charge in [0, 0.05) is 17.1 Å². The quantitative estimate of drug-likeness (QED) is 0.567. The van der Waals surface area contributed by atoms with Crippen molar-refractivity contribution in [1.29, 1.82) is 0 Å². The third-order valence-corrected chi connectivity index (χ3v) is 4.09. The Bertz CT molecular complexity index is 1120. The summed E-state index contributed by atoms with van der Waals surface area (Å²) < 4.78 is 7.38. The minimum absolute atomic E-state index is 0.0643. The second kappa shape index (κ2) is 6.80. The summed E-state index contributed by atoms with van der Waals surface area (Å²) in [6.45, 7) is 2.03. The fourth-order valence-electron chi connectivity index (χ4n) is 2.79. The van der Waals surface area contributed by atoms with Crippen molar-refractivity contribution in [2.75, 3.05) is 0 Å². The molecule has 0 atom stereocenters. The van der Waals surface area contributed by atoms with E-state index in [0.717, 1.165) is 28.0 Å². The Morgan fingerprint density at radius 1 is 0.962 bits per heavy atom. The molecule has 0 aliphatic heterocycles. The van der Waals surface area contributed by atoms with E-state index in [1.54, 1.807) is 4.68 Å². The summed E-state index contributed by atoms with van der Waals surface area (Å²) >= 11 is 0. The van der Waals surface area contributed by atoms with E-state index in [0.29, 0.717) is 0 Å². The highest BCUT2D eigenvalue weighted by atomic mass is 16.5. The molecule has 2 aromatic carbocycles. The van der Waals surface area contributed by atoms with Crippen LogP contribution in [-0.2, 0) is 6.61 Å². The molecule has 0 N–H and O–H groups in total. The van der Waals surface area contributed by atoms with Gasteiger partial charge in [-0.1, -0.05) is 42.5 Å². The normalized spacial score (nSPS) is 10.8. The molecule has 0 radical (unpaired) electrons. The Morgan fingerprint density at radius 2 is 1.73 bits per heavy atom. The van der Waals surface area contributed by atoms with Crippen molar-refractivity contribution in [2.45, 2.75) is 13.5 Å². The van der Waals surface area contributed by atoms with Crippen LogP contribution in [-0.4, -0.2) is 14.8 Å². The van der Waals surface area contributed by atoms with Gasteiger partial charge in [-0.15, -0.1) is 5.10 Å². The number of aromatic nitrogens is 3. The van der Waals surface area contributed by atoms with Crippen LogP contribution in [0.1, 0.15) is 11.4 Å². The first kappa shape index (κ1) is 16.0. The van der Waals surface area contributed by atoms with Crippen molar-refractivity contribution < 1.29 is 4.74 Å². The number of hydrogen-bond acceptors (Lipinski definition) is 4. The van der Waals surface area contributed by atoms with Crippen LogP contribution < -0.4 is 10.2 Å². The van der Waals surface area contributed by atoms with Crippen molar-refractivity contribution >= 4 is 10.9 Å². The summed E-state index contributed by atoms with van der Waals surface area (Å²) in [5.74, 6) is 0.0643. The van der Waals surface area contributed by atoms with Crippen LogP contribution in [0.2, 0.25) is 0 Å². The van der Waals surface area contributed by atoms with E-state index >= 15 is 0 Å². The number of aryl methyl sites for hydroxylation is 1. The van der Waals surface area contributed by atoms with Crippen LogP contribution >= 0.6 is 0 Å². The zero-order valence-corrected chi connectivity index (χ0v) is 14.3. The van der Waals surface area contributed by atoms with Crippen LogP contribution in [0.4, 0.5) is 0 Å². The van der Waals surface area contributed by atoms with E-state index in [1.165, 1.54) is 6.07 Å². The first-order chi connectivity index (χ1) is 12.7. The fraction of sp³-hybridized carbons (Fsp3) is 0.0952. The number of hydrogen-bond donors (Lipinski definition) is 0. The van der Waals surface area contributed by atoms with Crippen molar-refractivity contribution in [3.8, 4) is 11.6 Å². The number of ether oxygens (including phenoxy) is 1. The summed E-state index contributed by atoms with van der Waals surface area (Å²) in [5, 5.41) is 5.44. The third kappa shape index (κ3) is 3.19. The first-order valence-corrected chi connectivity index (χ1v) is 8.34. The molecule has 2 aromatic heterocycles. The number of nitrogens with zero attached hydrogens (tertiary/aromatic N) is 3. The number of pyridine rings is 1. The molecule has 0 saturated carbocycles. The van der Waals surface area contributed by atoms with Gasteiger partial charge in [0.2, 0.25) is 5.43 Å². The molecule has 0 aliphatic rings. The molecule has 5 heteroatoms. The summed E-state index contributed by atoms with van der Waals surface area (Å²) in [6.07, 6.45) is 0. The van der Waals surface area contributed by atoms with Crippen LogP contribution in [0.3, 0.4) is 0 Å². The monoisotopic (exact) mass is 343 g/mol. The smallest absolute Gasteiger partial charge is 0.280 e. The average molecular weight is 343 g/mol. The SMILES string of the molecule is Cc1cc(=O)c(OCc2ccc3ccccc3n2)nn1-c1ccccc1. The summed E-state index contributed by atoms with van der Waals surface area (Å²) in [4.78, 5) is 16.8. The molecule has 5 nitrogen and oxygen atoms in total. The topological polar surface area (TPSA) is 57.0 Å². The Morgan fingerprint density at radius 3 is 2.58 bits per heavy atom. The van der Waals surface area contributed by atoms with Gasteiger partial charge in [0.15, 0.2) is 0 Å². The van der Waals surface area contributed by atoms with Crippen molar-refractivity contribution in [3.05, 3.63) is 94.4 Å². The minimum atomic E-state index is -0.240. The van der Waals surface area contributed by atoms with Crippen molar-refractivity contribution in [1.82, 2.24) is 14.8 Å². The molecule has 0 saturated heterocycles. The lowest BCUT2D eigenvalue weighted by atomic mass is 10.2. The molecule has 0 bridgehead atoms. The number of fused-ring (bicyclic) bond motifs is 1. The van der Waals surface area contributed by atoms with Gasteiger partial charge < -0.3 is 4.74 Å². The maximum Gasteiger partial charge on any atom is 0.280 e. The molecule has 0 fully saturated rings. The van der Waals surface area contributed by atoms with Crippen LogP contribution in [0.15, 0.2) is 77.6 Å². The zero-order chi connectivity index (χ0) is 17.9. The molecule has 0 unspecified atom stereocenters. The molecule has 128 valence electrons. The van der Waals surface area contributed by atoms with Gasteiger partial charge in [0.1, 0.15) is 6.61 Å². The Kier molecular flexibility index (Phi) is 4.19. The summed E-state index contributed by atoms with van der Waals surface area (Å²) in [5.41, 5.74) is 3.02. The summed E-state index contributed by atoms with van der Waals surface area (Å²) in [7, 11) is 0. The molecule has 0 aliphatic carbocycles. The standard InChI is InChI=1S/C21H17N3O2/c1-15-13-20(25)21(23-24(15)18-8-3-2-4-9-18)26-14-17-12-11-16-7-5-6-10-19(16)22-17/h2-13H,14H2,1H3. The summed E-state index contributed by atoms with van der Waals surface area (Å²) in [6, 6.07) is 22.9. The van der Waals surface area contributed by atoms with E-state index in [-0.39, 0.29) is 17.9 Å². The van der Waals surface area contributed by atoms with E-state index in [2.05, 4.69) is 10.1 Å². The molecule has 26 heavy (non-hydrogen) atoms. The maximum absolute atomic E-state index is 12.2. The number of para-hydroxylation sites is 2. The Hall–Kier alpha value is -3.47. The van der Waals surface area contributed by atoms with Crippen molar-refractivity contribution in [3.63, 3.8) is 0 Å². The van der Waals surface area contributed by atoms with Gasteiger partial charge in [-0.3, -0.25) is 4.79 Å². The molecular weight excluding hydrogens is 326 g/mol. The van der Waals surface area contributed by atoms with E-state index in [9.17, 15) is 4.79 Å². The van der Waals surface area contributed by atoms with Gasteiger partial charge >= 0.3 is 0 Å². The van der Waals surface area contributed by atoms with Gasteiger partial charge in [-0.25, -0.2) is 9.67 Å². The maximum atomic E-state index is 12.2. The van der Waals surface area contributed by atoms with Gasteiger partial charge in [0.05, 0.1) is 16.9 Å². The zero-order valence-electron chi connectivity index (χ0n) is 14.3. The van der Waals surface area contributed by atoms with Gasteiger partial charge in [-0.05, 0) is 31.2 Å². The number of benzene rings is 2. The predicted molar refractivity (Wildman–Crippen MR) is 101 cm³/mol. The van der Waals surface area contributed by atoms with Crippen molar-refractivity contribution in [2.24, 2.45) is 0 Å². The predicted octanol–water partition coefficient (Wildman–Crippen LogP) is 3.67. The van der Waals surface area contributed by atoms with E-state index in [1.807, 2.05) is 73.7 Å². The Balaban J connectivity index is 1.62. The van der Waals surface area contributed by atoms with Crippen LogP contribution in [0, 0.1) is 6.92 Å². The number of rotatable bonds is 4. The second-order valence-corrected chi connectivity index (χ2v) is 5.99. The lowest BCUT2D eigenvalue weighted by molar-refractivity contribution is 0.280. The Labute approximate surface area is 150 Å². The lowest BCUT2D eigenvalue weighted by Gasteiger charge is -2.11. The largest absolute Gasteiger partial charge is 0.467 e. The second-order valence-electron chi connectivity index (χ2n) is 5.99. The highest BCUT2D eigenvalue weighted by molar-refractivity contribution is 5.78. The minimum Gasteiger partial charge on any atom is -0.467 e. The van der Waals surface area contributed by atoms with E-state index < -0.39 is 0 Å². The molecule has 4 aromatic rings. The van der Waals surface area contributed by atoms with Crippen LogP contribution in [0.5, 0.6) is 5.88 Å². The van der Waals surface area contributed by atoms with E-state index in [4.69, 9.17) is 4.74 Å². The van der Waals surface area contributed by atoms with Crippen LogP contribution in [0.25, 0.3) is 16.6 Å². The first-order valence-electron chi connectivity index (χ1n) is 8.34. The third-order valence-electron chi connectivity index (χ3n) is 4.09.